The molecule has 22 heavy (non-hydrogen) atoms. The smallest absolute Gasteiger partial charge is 0.231 e. The van der Waals surface area contributed by atoms with Gasteiger partial charge in [0.2, 0.25) is 5.91 Å². The van der Waals surface area contributed by atoms with Crippen molar-refractivity contribution in [3.63, 3.8) is 0 Å². The number of benzene rings is 2. The van der Waals surface area contributed by atoms with Gasteiger partial charge in [0.05, 0.1) is 18.1 Å². The summed E-state index contributed by atoms with van der Waals surface area (Å²) in [5.41, 5.74) is 1.13. The number of hydrogen-bond donors (Lipinski definition) is 2. The molecule has 4 heteroatoms. The zero-order valence-corrected chi connectivity index (χ0v) is 12.1. The van der Waals surface area contributed by atoms with Gasteiger partial charge in [0, 0.05) is 0 Å². The van der Waals surface area contributed by atoms with Gasteiger partial charge in [-0.3, -0.25) is 4.79 Å². The predicted octanol–water partition coefficient (Wildman–Crippen LogP) is 2.71. The first-order valence-electron chi connectivity index (χ1n) is 7.38. The van der Waals surface area contributed by atoms with Crippen LogP contribution in [0.1, 0.15) is 30.0 Å². The Bertz CT molecular complexity index is 651. The van der Waals surface area contributed by atoms with Crippen molar-refractivity contribution >= 4 is 5.91 Å². The minimum absolute atomic E-state index is 0.109. The molecule has 3 rings (SSSR count). The Labute approximate surface area is 128 Å². The van der Waals surface area contributed by atoms with Crippen molar-refractivity contribution in [3.05, 3.63) is 71.5 Å². The number of carbonyl (C=O) groups excluding carboxylic acids is 1. The zero-order valence-electron chi connectivity index (χ0n) is 12.1. The van der Waals surface area contributed by atoms with Crippen molar-refractivity contribution in [1.29, 1.82) is 0 Å². The molecule has 114 valence electrons. The largest absolute Gasteiger partial charge is 0.394 e. The van der Waals surface area contributed by atoms with E-state index in [1.54, 1.807) is 12.1 Å². The average molecular weight is 299 g/mol. The Balaban J connectivity index is 1.77. The van der Waals surface area contributed by atoms with E-state index in [1.807, 2.05) is 30.3 Å². The van der Waals surface area contributed by atoms with E-state index in [9.17, 15) is 14.3 Å². The molecule has 1 aliphatic carbocycles. The molecule has 0 radical (unpaired) electrons. The molecule has 1 aliphatic rings. The summed E-state index contributed by atoms with van der Waals surface area (Å²) in [5.74, 6) is -0.417. The van der Waals surface area contributed by atoms with Gasteiger partial charge in [-0.1, -0.05) is 42.5 Å². The predicted molar refractivity (Wildman–Crippen MR) is 81.7 cm³/mol. The second-order valence-electron chi connectivity index (χ2n) is 5.71. The Morgan fingerprint density at radius 1 is 1.14 bits per heavy atom. The summed E-state index contributed by atoms with van der Waals surface area (Å²) in [6, 6.07) is 15.0. The SMILES string of the molecule is O=C(N[C@H](CO)c1ccccc1)C1(c2ccc(F)cc2)CC1. The highest BCUT2D eigenvalue weighted by molar-refractivity contribution is 5.91. The summed E-state index contributed by atoms with van der Waals surface area (Å²) < 4.78 is 13.0. The Hall–Kier alpha value is -2.20. The quantitative estimate of drug-likeness (QED) is 0.892. The topological polar surface area (TPSA) is 49.3 Å². The van der Waals surface area contributed by atoms with Crippen molar-refractivity contribution in [2.45, 2.75) is 24.3 Å². The highest BCUT2D eigenvalue weighted by Crippen LogP contribution is 2.48. The molecule has 0 aromatic heterocycles. The van der Waals surface area contributed by atoms with Gasteiger partial charge in [0.15, 0.2) is 0 Å². The average Bonchev–Trinajstić information content (AvgIpc) is 3.36. The van der Waals surface area contributed by atoms with E-state index in [0.29, 0.717) is 0 Å². The van der Waals surface area contributed by atoms with Crippen LogP contribution in [0.2, 0.25) is 0 Å². The number of amides is 1. The first kappa shape index (κ1) is 14.7. The molecule has 3 nitrogen and oxygen atoms in total. The third kappa shape index (κ3) is 2.74. The molecule has 1 atom stereocenters. The maximum atomic E-state index is 13.0. The van der Waals surface area contributed by atoms with Crippen molar-refractivity contribution in [3.8, 4) is 0 Å². The molecule has 0 spiro atoms. The van der Waals surface area contributed by atoms with E-state index in [2.05, 4.69) is 5.32 Å². The van der Waals surface area contributed by atoms with Crippen LogP contribution in [0.5, 0.6) is 0 Å². The maximum absolute atomic E-state index is 13.0. The lowest BCUT2D eigenvalue weighted by Gasteiger charge is -2.21. The van der Waals surface area contributed by atoms with Crippen molar-refractivity contribution in [2.75, 3.05) is 6.61 Å². The van der Waals surface area contributed by atoms with Crippen LogP contribution in [0.3, 0.4) is 0 Å². The van der Waals surface area contributed by atoms with Gasteiger partial charge in [-0.15, -0.1) is 0 Å². The van der Waals surface area contributed by atoms with Crippen LogP contribution in [0.4, 0.5) is 4.39 Å². The Kier molecular flexibility index (Phi) is 3.94. The van der Waals surface area contributed by atoms with E-state index in [0.717, 1.165) is 24.0 Å². The van der Waals surface area contributed by atoms with Gasteiger partial charge >= 0.3 is 0 Å². The maximum Gasteiger partial charge on any atom is 0.231 e. The lowest BCUT2D eigenvalue weighted by atomic mass is 9.94. The van der Waals surface area contributed by atoms with Gasteiger partial charge in [-0.2, -0.15) is 0 Å². The molecule has 0 heterocycles. The molecule has 2 aromatic rings. The van der Waals surface area contributed by atoms with Crippen LogP contribution in [0, 0.1) is 5.82 Å². The molecule has 0 saturated heterocycles. The third-order valence-corrected chi connectivity index (χ3v) is 4.27. The fourth-order valence-corrected chi connectivity index (χ4v) is 2.76. The van der Waals surface area contributed by atoms with E-state index in [-0.39, 0.29) is 18.3 Å². The zero-order chi connectivity index (χ0) is 15.6. The minimum atomic E-state index is -0.574. The second-order valence-corrected chi connectivity index (χ2v) is 5.71. The van der Waals surface area contributed by atoms with Crippen LogP contribution < -0.4 is 5.32 Å². The summed E-state index contributed by atoms with van der Waals surface area (Å²) >= 11 is 0. The molecule has 1 amide bonds. The van der Waals surface area contributed by atoms with Gasteiger partial charge in [0.25, 0.3) is 0 Å². The number of nitrogens with one attached hydrogen (secondary N) is 1. The fourth-order valence-electron chi connectivity index (χ4n) is 2.76. The lowest BCUT2D eigenvalue weighted by molar-refractivity contribution is -0.124. The van der Waals surface area contributed by atoms with Gasteiger partial charge < -0.3 is 10.4 Å². The normalized spacial score (nSPS) is 16.8. The van der Waals surface area contributed by atoms with Crippen LogP contribution in [-0.4, -0.2) is 17.6 Å². The highest BCUT2D eigenvalue weighted by Gasteiger charge is 2.51. The summed E-state index contributed by atoms with van der Waals surface area (Å²) in [4.78, 5) is 12.6. The fraction of sp³-hybridized carbons (Fsp3) is 0.278. The Morgan fingerprint density at radius 2 is 1.77 bits per heavy atom. The van der Waals surface area contributed by atoms with E-state index in [4.69, 9.17) is 0 Å². The second kappa shape index (κ2) is 5.89. The van der Waals surface area contributed by atoms with Gasteiger partial charge in [0.1, 0.15) is 5.82 Å². The molecule has 1 saturated carbocycles. The van der Waals surface area contributed by atoms with Crippen LogP contribution in [0.15, 0.2) is 54.6 Å². The third-order valence-electron chi connectivity index (χ3n) is 4.27. The van der Waals surface area contributed by atoms with Gasteiger partial charge in [-0.05, 0) is 36.1 Å². The van der Waals surface area contributed by atoms with E-state index in [1.165, 1.54) is 12.1 Å². The van der Waals surface area contributed by atoms with Crippen LogP contribution in [0.25, 0.3) is 0 Å². The standard InChI is InChI=1S/C18H18FNO2/c19-15-8-6-14(7-9-15)18(10-11-18)17(22)20-16(12-21)13-4-2-1-3-5-13/h1-9,16,21H,10-12H2,(H,20,22)/t16-/m1/s1. The number of halogens is 1. The summed E-state index contributed by atoms with van der Waals surface area (Å²) in [5, 5.41) is 12.5. The molecule has 2 aromatic carbocycles. The van der Waals surface area contributed by atoms with Crippen molar-refractivity contribution < 1.29 is 14.3 Å². The number of hydrogen-bond acceptors (Lipinski definition) is 2. The number of carbonyl (C=O) groups is 1. The van der Waals surface area contributed by atoms with Crippen molar-refractivity contribution in [1.82, 2.24) is 5.32 Å². The van der Waals surface area contributed by atoms with E-state index < -0.39 is 11.5 Å². The van der Waals surface area contributed by atoms with Gasteiger partial charge in [-0.25, -0.2) is 4.39 Å². The highest BCUT2D eigenvalue weighted by atomic mass is 19.1. The van der Waals surface area contributed by atoms with Crippen molar-refractivity contribution in [2.24, 2.45) is 0 Å². The van der Waals surface area contributed by atoms with Crippen LogP contribution >= 0.6 is 0 Å². The monoisotopic (exact) mass is 299 g/mol. The number of aliphatic hydroxyl groups excluding tert-OH is 1. The summed E-state index contributed by atoms with van der Waals surface area (Å²) in [6.45, 7) is -0.157. The molecular weight excluding hydrogens is 281 g/mol. The molecule has 0 unspecified atom stereocenters. The molecule has 2 N–H and O–H groups in total. The summed E-state index contributed by atoms with van der Waals surface area (Å²) in [7, 11) is 0. The van der Waals surface area contributed by atoms with E-state index >= 15 is 0 Å². The first-order valence-corrected chi connectivity index (χ1v) is 7.38. The molecule has 0 bridgehead atoms. The number of aliphatic hydroxyl groups is 1. The summed E-state index contributed by atoms with van der Waals surface area (Å²) in [6.07, 6.45) is 1.49. The molecular formula is C18H18FNO2. The first-order chi connectivity index (χ1) is 10.7. The molecule has 1 fully saturated rings. The number of rotatable bonds is 5. The molecule has 0 aliphatic heterocycles. The minimum Gasteiger partial charge on any atom is -0.394 e. The van der Waals surface area contributed by atoms with Crippen LogP contribution in [-0.2, 0) is 10.2 Å². The Morgan fingerprint density at radius 3 is 2.32 bits per heavy atom. The lowest BCUT2D eigenvalue weighted by Crippen LogP contribution is -2.38.